The largest absolute Gasteiger partial charge is 0.465 e. The topological polar surface area (TPSA) is 61.8 Å². The van der Waals surface area contributed by atoms with Gasteiger partial charge in [0.1, 0.15) is 0 Å². The number of carbonyl (C=O) groups is 1. The van der Waals surface area contributed by atoms with Gasteiger partial charge in [-0.2, -0.15) is 0 Å². The van der Waals surface area contributed by atoms with Crippen LogP contribution in [0, 0.1) is 0 Å². The number of carbonyl (C=O) groups excluding carboxylic acids is 1. The number of rotatable bonds is 12. The Hall–Kier alpha value is -3.93. The molecular weight excluding hydrogens is 484 g/mol. The van der Waals surface area contributed by atoms with Crippen molar-refractivity contribution >= 4 is 11.7 Å². The van der Waals surface area contributed by atoms with Crippen molar-refractivity contribution in [2.75, 3.05) is 25.5 Å². The second-order valence-corrected chi connectivity index (χ2v) is 10.1. The molecular formula is C34H38N2O3. The van der Waals surface area contributed by atoms with Crippen molar-refractivity contribution in [1.82, 2.24) is 4.90 Å². The Bertz CT molecular complexity index is 1320. The fourth-order valence-corrected chi connectivity index (χ4v) is 4.69. The highest BCUT2D eigenvalue weighted by Gasteiger charge is 2.16. The van der Waals surface area contributed by atoms with Gasteiger partial charge >= 0.3 is 5.97 Å². The van der Waals surface area contributed by atoms with E-state index in [4.69, 9.17) is 4.74 Å². The summed E-state index contributed by atoms with van der Waals surface area (Å²) in [6.45, 7) is 6.26. The van der Waals surface area contributed by atoms with E-state index >= 15 is 0 Å². The Morgan fingerprint density at radius 1 is 0.846 bits per heavy atom. The highest BCUT2D eigenvalue weighted by atomic mass is 16.5. The van der Waals surface area contributed by atoms with Gasteiger partial charge in [0.15, 0.2) is 0 Å². The molecule has 0 radical (unpaired) electrons. The number of ether oxygens (including phenoxy) is 1. The number of methoxy groups -OCH3 is 1. The van der Waals surface area contributed by atoms with Crippen LogP contribution in [0.25, 0.3) is 11.1 Å². The van der Waals surface area contributed by atoms with Crippen LogP contribution < -0.4 is 5.32 Å². The average Bonchev–Trinajstić information content (AvgIpc) is 2.96. The zero-order valence-electron chi connectivity index (χ0n) is 23.0. The molecule has 4 rings (SSSR count). The van der Waals surface area contributed by atoms with Gasteiger partial charge in [0, 0.05) is 31.4 Å². The lowest BCUT2D eigenvalue weighted by atomic mass is 10.00. The van der Waals surface area contributed by atoms with Gasteiger partial charge in [0.25, 0.3) is 0 Å². The lowest BCUT2D eigenvalue weighted by molar-refractivity contribution is 0.0602. The maximum atomic E-state index is 12.2. The normalized spacial score (nSPS) is 11.9. The quantitative estimate of drug-likeness (QED) is 0.202. The van der Waals surface area contributed by atoms with Crippen molar-refractivity contribution in [3.63, 3.8) is 0 Å². The number of nitrogens with zero attached hydrogens (tertiary/aromatic N) is 1. The van der Waals surface area contributed by atoms with E-state index in [1.807, 2.05) is 68.4 Å². The SMILES string of the molecule is COC(=O)c1ccc(-c2ccc(CCN(Cc3ccccc3)C[C@@H](O)c3ccccc3)cc2)cc1NC(C)C. The van der Waals surface area contributed by atoms with Crippen LogP contribution in [0.15, 0.2) is 103 Å². The molecule has 0 saturated heterocycles. The van der Waals surface area contributed by atoms with Gasteiger partial charge < -0.3 is 15.2 Å². The fourth-order valence-electron chi connectivity index (χ4n) is 4.69. The molecule has 0 unspecified atom stereocenters. The van der Waals surface area contributed by atoms with Crippen LogP contribution in [-0.2, 0) is 17.7 Å². The molecule has 2 N–H and O–H groups in total. The predicted molar refractivity (Wildman–Crippen MR) is 159 cm³/mol. The summed E-state index contributed by atoms with van der Waals surface area (Å²) in [4.78, 5) is 14.5. The number of hydrogen-bond donors (Lipinski definition) is 2. The molecule has 4 aromatic rings. The first-order valence-corrected chi connectivity index (χ1v) is 13.5. The first-order valence-electron chi connectivity index (χ1n) is 13.5. The minimum absolute atomic E-state index is 0.185. The van der Waals surface area contributed by atoms with Gasteiger partial charge in [-0.15, -0.1) is 0 Å². The lowest BCUT2D eigenvalue weighted by Crippen LogP contribution is -2.30. The molecule has 5 heteroatoms. The number of hydrogen-bond acceptors (Lipinski definition) is 5. The molecule has 1 atom stereocenters. The number of aliphatic hydroxyl groups is 1. The van der Waals surface area contributed by atoms with Crippen molar-refractivity contribution in [2.45, 2.75) is 39.0 Å². The third-order valence-electron chi connectivity index (χ3n) is 6.74. The second-order valence-electron chi connectivity index (χ2n) is 10.1. The van der Waals surface area contributed by atoms with Gasteiger partial charge in [-0.05, 0) is 60.2 Å². The van der Waals surface area contributed by atoms with Crippen molar-refractivity contribution in [2.24, 2.45) is 0 Å². The van der Waals surface area contributed by atoms with Crippen molar-refractivity contribution < 1.29 is 14.6 Å². The third-order valence-corrected chi connectivity index (χ3v) is 6.74. The van der Waals surface area contributed by atoms with E-state index in [9.17, 15) is 9.90 Å². The smallest absolute Gasteiger partial charge is 0.339 e. The van der Waals surface area contributed by atoms with E-state index in [1.54, 1.807) is 0 Å². The van der Waals surface area contributed by atoms with Gasteiger partial charge in [0.2, 0.25) is 0 Å². The maximum absolute atomic E-state index is 12.2. The Morgan fingerprint density at radius 2 is 1.49 bits per heavy atom. The average molecular weight is 523 g/mol. The highest BCUT2D eigenvalue weighted by molar-refractivity contribution is 5.96. The number of anilines is 1. The van der Waals surface area contributed by atoms with Gasteiger partial charge in [0.05, 0.1) is 18.8 Å². The highest BCUT2D eigenvalue weighted by Crippen LogP contribution is 2.27. The summed E-state index contributed by atoms with van der Waals surface area (Å²) < 4.78 is 4.95. The van der Waals surface area contributed by atoms with Crippen LogP contribution in [0.1, 0.15) is 47.0 Å². The van der Waals surface area contributed by atoms with E-state index in [0.717, 1.165) is 41.9 Å². The number of benzene rings is 4. The summed E-state index contributed by atoms with van der Waals surface area (Å²) in [5, 5.41) is 14.3. The molecule has 5 nitrogen and oxygen atoms in total. The number of aliphatic hydroxyl groups excluding tert-OH is 1. The summed E-state index contributed by atoms with van der Waals surface area (Å²) >= 11 is 0. The van der Waals surface area contributed by atoms with Crippen LogP contribution in [0.3, 0.4) is 0 Å². The Balaban J connectivity index is 1.46. The first-order chi connectivity index (χ1) is 18.9. The Labute approximate surface area is 232 Å². The first kappa shape index (κ1) is 28.1. The van der Waals surface area contributed by atoms with E-state index in [1.165, 1.54) is 18.2 Å². The summed E-state index contributed by atoms with van der Waals surface area (Å²) in [6.07, 6.45) is 0.328. The second kappa shape index (κ2) is 13.7. The van der Waals surface area contributed by atoms with Crippen molar-refractivity contribution in [1.29, 1.82) is 0 Å². The maximum Gasteiger partial charge on any atom is 0.339 e. The summed E-state index contributed by atoms with van der Waals surface area (Å²) in [7, 11) is 1.40. The van der Waals surface area contributed by atoms with E-state index < -0.39 is 6.10 Å². The third kappa shape index (κ3) is 8.03. The van der Waals surface area contributed by atoms with Crippen LogP contribution >= 0.6 is 0 Å². The predicted octanol–water partition coefficient (Wildman–Crippen LogP) is 6.74. The molecule has 0 aliphatic heterocycles. The molecule has 0 aliphatic rings. The number of esters is 1. The summed E-state index contributed by atoms with van der Waals surface area (Å²) in [6, 6.07) is 34.8. The zero-order chi connectivity index (χ0) is 27.6. The summed E-state index contributed by atoms with van der Waals surface area (Å²) in [5.74, 6) is -0.350. The van der Waals surface area contributed by atoms with E-state index in [2.05, 4.69) is 58.7 Å². The van der Waals surface area contributed by atoms with Crippen LogP contribution in [0.2, 0.25) is 0 Å². The standard InChI is InChI=1S/C34H38N2O3/c1-25(2)35-32-22-30(18-19-31(32)34(38)39-3)28-16-14-26(15-17-28)20-21-36(23-27-10-6-4-7-11-27)24-33(37)29-12-8-5-9-13-29/h4-19,22,25,33,35,37H,20-21,23-24H2,1-3H3/t33-/m1/s1. The molecule has 0 bridgehead atoms. The molecule has 202 valence electrons. The van der Waals surface area contributed by atoms with Crippen LogP contribution in [0.5, 0.6) is 0 Å². The van der Waals surface area contributed by atoms with Crippen LogP contribution in [-0.4, -0.2) is 42.2 Å². The van der Waals surface area contributed by atoms with Gasteiger partial charge in [-0.25, -0.2) is 4.79 Å². The minimum atomic E-state index is -0.543. The Morgan fingerprint density at radius 3 is 2.13 bits per heavy atom. The molecule has 4 aromatic carbocycles. The molecule has 0 amide bonds. The van der Waals surface area contributed by atoms with E-state index in [0.29, 0.717) is 12.1 Å². The monoisotopic (exact) mass is 522 g/mol. The molecule has 39 heavy (non-hydrogen) atoms. The van der Waals surface area contributed by atoms with E-state index in [-0.39, 0.29) is 12.0 Å². The molecule has 0 aliphatic carbocycles. The minimum Gasteiger partial charge on any atom is -0.465 e. The summed E-state index contributed by atoms with van der Waals surface area (Å²) in [5.41, 5.74) is 6.82. The van der Waals surface area contributed by atoms with Crippen LogP contribution in [0.4, 0.5) is 5.69 Å². The Kier molecular flexibility index (Phi) is 9.90. The molecule has 0 aromatic heterocycles. The molecule has 0 heterocycles. The lowest BCUT2D eigenvalue weighted by Gasteiger charge is -2.25. The van der Waals surface area contributed by atoms with Gasteiger partial charge in [-0.1, -0.05) is 91.0 Å². The number of nitrogens with one attached hydrogen (secondary N) is 1. The zero-order valence-corrected chi connectivity index (χ0v) is 23.0. The fraction of sp³-hybridized carbons (Fsp3) is 0.265. The molecule has 0 spiro atoms. The van der Waals surface area contributed by atoms with Crippen molar-refractivity contribution in [3.05, 3.63) is 125 Å². The molecule has 0 saturated carbocycles. The molecule has 0 fully saturated rings. The van der Waals surface area contributed by atoms with Crippen molar-refractivity contribution in [3.8, 4) is 11.1 Å². The van der Waals surface area contributed by atoms with Gasteiger partial charge in [-0.3, -0.25) is 4.90 Å².